The lowest BCUT2D eigenvalue weighted by molar-refractivity contribution is 0.0944. The van der Waals surface area contributed by atoms with Crippen LogP contribution in [0.2, 0.25) is 0 Å². The van der Waals surface area contributed by atoms with Crippen LogP contribution in [0.5, 0.6) is 5.88 Å². The maximum Gasteiger partial charge on any atom is 0.232 e. The number of anilines is 1. The molecular weight excluding hydrogens is 396 g/mol. The third kappa shape index (κ3) is 3.21. The molecule has 1 atom stereocenters. The van der Waals surface area contributed by atoms with Crippen molar-refractivity contribution in [2.24, 2.45) is 5.73 Å². The average Bonchev–Trinajstić information content (AvgIpc) is 3.36. The fraction of sp³-hybridized carbons (Fsp3) is 0.409. The van der Waals surface area contributed by atoms with E-state index in [4.69, 9.17) is 19.6 Å². The smallest absolute Gasteiger partial charge is 0.232 e. The Bertz CT molecular complexity index is 1240. The van der Waals surface area contributed by atoms with Gasteiger partial charge in [-0.05, 0) is 38.0 Å². The Kier molecular flexibility index (Phi) is 4.32. The first-order valence-electron chi connectivity index (χ1n) is 10.7. The lowest BCUT2D eigenvalue weighted by atomic mass is 9.90. The lowest BCUT2D eigenvalue weighted by Gasteiger charge is -2.34. The van der Waals surface area contributed by atoms with Crippen molar-refractivity contribution in [3.05, 3.63) is 36.7 Å². The van der Waals surface area contributed by atoms with Crippen molar-refractivity contribution >= 4 is 22.4 Å². The molecule has 2 fully saturated rings. The van der Waals surface area contributed by atoms with Crippen LogP contribution < -0.4 is 15.4 Å². The first-order chi connectivity index (χ1) is 15.2. The Labute approximate surface area is 178 Å². The molecule has 1 aliphatic heterocycles. The van der Waals surface area contributed by atoms with E-state index in [0.29, 0.717) is 24.9 Å². The number of hydrogen-bond acceptors (Lipinski definition) is 8. The van der Waals surface area contributed by atoms with Gasteiger partial charge in [0.1, 0.15) is 23.2 Å². The number of imidazole rings is 1. The molecule has 0 radical (unpaired) electrons. The normalized spacial score (nSPS) is 23.9. The first kappa shape index (κ1) is 18.6. The van der Waals surface area contributed by atoms with E-state index < -0.39 is 0 Å². The van der Waals surface area contributed by atoms with Crippen molar-refractivity contribution in [2.75, 3.05) is 24.7 Å². The van der Waals surface area contributed by atoms with Crippen LogP contribution in [0.4, 0.5) is 5.82 Å². The van der Waals surface area contributed by atoms with Gasteiger partial charge in [0.05, 0.1) is 30.8 Å². The van der Waals surface area contributed by atoms with E-state index in [1.54, 1.807) is 16.9 Å². The van der Waals surface area contributed by atoms with Gasteiger partial charge in [-0.25, -0.2) is 14.5 Å². The highest BCUT2D eigenvalue weighted by atomic mass is 16.5. The number of furan rings is 1. The van der Waals surface area contributed by atoms with Gasteiger partial charge in [0.15, 0.2) is 11.4 Å². The topological polar surface area (TPSA) is 104 Å². The van der Waals surface area contributed by atoms with Crippen LogP contribution in [0, 0.1) is 0 Å². The molecular formula is C22H24N6O3. The Balaban J connectivity index is 1.38. The van der Waals surface area contributed by atoms with Crippen LogP contribution in [0.1, 0.15) is 19.8 Å². The zero-order chi connectivity index (χ0) is 20.9. The molecule has 4 aromatic heterocycles. The monoisotopic (exact) mass is 420 g/mol. The molecule has 0 unspecified atom stereocenters. The molecule has 2 N–H and O–H groups in total. The molecule has 5 heterocycles. The molecule has 1 aliphatic carbocycles. The van der Waals surface area contributed by atoms with E-state index in [-0.39, 0.29) is 18.2 Å². The zero-order valence-corrected chi connectivity index (χ0v) is 17.3. The summed E-state index contributed by atoms with van der Waals surface area (Å²) in [5, 5.41) is 5.61. The van der Waals surface area contributed by atoms with Crippen molar-refractivity contribution in [1.82, 2.24) is 19.6 Å². The fourth-order valence-corrected chi connectivity index (χ4v) is 4.31. The number of ether oxygens (including phenoxy) is 2. The minimum absolute atomic E-state index is 0.127. The van der Waals surface area contributed by atoms with Gasteiger partial charge in [0, 0.05) is 24.8 Å². The summed E-state index contributed by atoms with van der Waals surface area (Å²) >= 11 is 0. The van der Waals surface area contributed by atoms with Crippen molar-refractivity contribution in [3.8, 4) is 17.3 Å². The molecule has 0 amide bonds. The van der Waals surface area contributed by atoms with Crippen LogP contribution in [0.3, 0.4) is 0 Å². The van der Waals surface area contributed by atoms with E-state index in [1.807, 2.05) is 24.3 Å². The van der Waals surface area contributed by atoms with Gasteiger partial charge >= 0.3 is 0 Å². The SMILES string of the molecule is C[C@@H]1COCCN1c1nccc2oc(-c3cnc4ccc(O[C@H]5C[C@H](N)C5)nn34)cc12. The molecule has 0 spiro atoms. The van der Waals surface area contributed by atoms with Crippen molar-refractivity contribution in [3.63, 3.8) is 0 Å². The second-order valence-corrected chi connectivity index (χ2v) is 8.33. The number of pyridine rings is 1. The van der Waals surface area contributed by atoms with Gasteiger partial charge in [-0.3, -0.25) is 0 Å². The van der Waals surface area contributed by atoms with Gasteiger partial charge in [-0.15, -0.1) is 5.10 Å². The van der Waals surface area contributed by atoms with Gasteiger partial charge in [-0.2, -0.15) is 0 Å². The average molecular weight is 420 g/mol. The van der Waals surface area contributed by atoms with Gasteiger partial charge in [0.2, 0.25) is 5.88 Å². The predicted molar refractivity (Wildman–Crippen MR) is 115 cm³/mol. The maximum absolute atomic E-state index is 6.20. The van der Waals surface area contributed by atoms with E-state index in [0.717, 1.165) is 47.5 Å². The Hall–Kier alpha value is -3.17. The largest absolute Gasteiger partial charge is 0.473 e. The summed E-state index contributed by atoms with van der Waals surface area (Å²) in [7, 11) is 0. The maximum atomic E-state index is 6.20. The molecule has 0 bridgehead atoms. The summed E-state index contributed by atoms with van der Waals surface area (Å²) in [6.45, 7) is 4.33. The van der Waals surface area contributed by atoms with E-state index >= 15 is 0 Å². The number of rotatable bonds is 4. The summed E-state index contributed by atoms with van der Waals surface area (Å²) < 4.78 is 19.5. The molecule has 6 rings (SSSR count). The number of hydrogen-bond donors (Lipinski definition) is 1. The summed E-state index contributed by atoms with van der Waals surface area (Å²) in [5.41, 5.74) is 8.14. The molecule has 1 saturated heterocycles. The highest BCUT2D eigenvalue weighted by Gasteiger charge is 2.28. The van der Waals surface area contributed by atoms with Gasteiger partial charge in [-0.1, -0.05) is 0 Å². The zero-order valence-electron chi connectivity index (χ0n) is 17.3. The van der Waals surface area contributed by atoms with Gasteiger partial charge < -0.3 is 24.5 Å². The summed E-state index contributed by atoms with van der Waals surface area (Å²) in [6, 6.07) is 8.13. The number of fused-ring (bicyclic) bond motifs is 2. The quantitative estimate of drug-likeness (QED) is 0.537. The summed E-state index contributed by atoms with van der Waals surface area (Å²) in [5.74, 6) is 2.16. The molecule has 31 heavy (non-hydrogen) atoms. The van der Waals surface area contributed by atoms with Crippen molar-refractivity contribution in [1.29, 1.82) is 0 Å². The van der Waals surface area contributed by atoms with Crippen LogP contribution in [0.25, 0.3) is 28.1 Å². The van der Waals surface area contributed by atoms with Crippen LogP contribution in [-0.4, -0.2) is 57.5 Å². The summed E-state index contributed by atoms with van der Waals surface area (Å²) in [4.78, 5) is 11.4. The molecule has 9 nitrogen and oxygen atoms in total. The summed E-state index contributed by atoms with van der Waals surface area (Å²) in [6.07, 6.45) is 5.40. The van der Waals surface area contributed by atoms with Gasteiger partial charge in [0.25, 0.3) is 0 Å². The number of nitrogens with zero attached hydrogens (tertiary/aromatic N) is 5. The third-order valence-corrected chi connectivity index (χ3v) is 6.07. The van der Waals surface area contributed by atoms with E-state index in [2.05, 4.69) is 26.9 Å². The molecule has 1 saturated carbocycles. The van der Waals surface area contributed by atoms with Crippen LogP contribution in [0.15, 0.2) is 41.1 Å². The highest BCUT2D eigenvalue weighted by molar-refractivity contribution is 5.92. The Morgan fingerprint density at radius 3 is 2.94 bits per heavy atom. The minimum Gasteiger partial charge on any atom is -0.473 e. The molecule has 9 heteroatoms. The van der Waals surface area contributed by atoms with Crippen molar-refractivity contribution in [2.45, 2.75) is 38.0 Å². The van der Waals surface area contributed by atoms with E-state index in [9.17, 15) is 0 Å². The number of aromatic nitrogens is 4. The molecule has 4 aromatic rings. The molecule has 2 aliphatic rings. The van der Waals surface area contributed by atoms with Crippen molar-refractivity contribution < 1.29 is 13.9 Å². The van der Waals surface area contributed by atoms with E-state index in [1.165, 1.54) is 0 Å². The number of nitrogens with two attached hydrogens (primary N) is 1. The second kappa shape index (κ2) is 7.21. The lowest BCUT2D eigenvalue weighted by Crippen LogP contribution is -2.44. The first-order valence-corrected chi connectivity index (χ1v) is 10.7. The molecule has 0 aromatic carbocycles. The predicted octanol–water partition coefficient (Wildman–Crippen LogP) is 2.63. The fourth-order valence-electron chi connectivity index (χ4n) is 4.31. The highest BCUT2D eigenvalue weighted by Crippen LogP contribution is 2.34. The van der Waals surface area contributed by atoms with Crippen LogP contribution in [-0.2, 0) is 4.74 Å². The Morgan fingerprint density at radius 2 is 2.10 bits per heavy atom. The molecule has 160 valence electrons. The standard InChI is InChI=1S/C22H24N6O3/c1-13-12-29-7-6-27(13)22-16-10-19(31-18(16)4-5-24-22)17-11-25-20-2-3-21(26-28(17)20)30-15-8-14(23)9-15/h2-5,10-11,13-15H,6-9,12,23H2,1H3/t13-,14-,15-/m1/s1. The second-order valence-electron chi connectivity index (χ2n) is 8.33. The van der Waals surface area contributed by atoms with Crippen LogP contribution >= 0.6 is 0 Å². The third-order valence-electron chi connectivity index (χ3n) is 6.07. The Morgan fingerprint density at radius 1 is 1.19 bits per heavy atom. The minimum atomic E-state index is 0.127. The number of morpholine rings is 1.